The highest BCUT2D eigenvalue weighted by molar-refractivity contribution is 6.14. The van der Waals surface area contributed by atoms with Crippen molar-refractivity contribution >= 4 is 60.7 Å². The second-order valence-electron chi connectivity index (χ2n) is 11.0. The lowest BCUT2D eigenvalue weighted by Gasteiger charge is -2.28. The minimum absolute atomic E-state index is 0.866. The van der Waals surface area contributed by atoms with Gasteiger partial charge in [-0.25, -0.2) is 0 Å². The molecule has 0 aliphatic carbocycles. The predicted octanol–water partition coefficient (Wildman–Crippen LogP) is 8.93. The smallest absolute Gasteiger partial charge is 0.113 e. The van der Waals surface area contributed by atoms with E-state index in [2.05, 4.69) is 128 Å². The average molecular weight is 580 g/mol. The normalized spacial score (nSPS) is 11.6. The van der Waals surface area contributed by atoms with Gasteiger partial charge in [-0.05, 0) is 95.0 Å². The third kappa shape index (κ3) is 4.29. The minimum Gasteiger partial charge on any atom is -0.310 e. The van der Waals surface area contributed by atoms with Crippen LogP contribution in [0.15, 0.2) is 152 Å². The molecule has 2 aromatic heterocycles. The third-order valence-corrected chi connectivity index (χ3v) is 8.24. The van der Waals surface area contributed by atoms with E-state index in [1.807, 2.05) is 48.5 Å². The van der Waals surface area contributed by atoms with Crippen molar-refractivity contribution in [2.24, 2.45) is 0 Å². The van der Waals surface area contributed by atoms with E-state index in [-0.39, 0.29) is 0 Å². The molecule has 7 aromatic carbocycles. The van der Waals surface area contributed by atoms with Crippen molar-refractivity contribution in [3.63, 3.8) is 0 Å². The van der Waals surface area contributed by atoms with Crippen LogP contribution in [0.3, 0.4) is 0 Å². The molecular formula is C38H25N7. The lowest BCUT2D eigenvalue weighted by atomic mass is 9.99. The van der Waals surface area contributed by atoms with Crippen molar-refractivity contribution in [3.8, 4) is 11.4 Å². The van der Waals surface area contributed by atoms with Gasteiger partial charge in [0.25, 0.3) is 0 Å². The van der Waals surface area contributed by atoms with E-state index in [1.54, 1.807) is 9.59 Å². The highest BCUT2D eigenvalue weighted by Crippen LogP contribution is 2.42. The first-order chi connectivity index (χ1) is 22.3. The summed E-state index contributed by atoms with van der Waals surface area (Å²) in [5, 5.41) is 23.5. The van der Waals surface area contributed by atoms with E-state index >= 15 is 0 Å². The molecule has 212 valence electrons. The van der Waals surface area contributed by atoms with Gasteiger partial charge in [-0.1, -0.05) is 72.8 Å². The monoisotopic (exact) mass is 579 g/mol. The van der Waals surface area contributed by atoms with Gasteiger partial charge in [0.05, 0.1) is 17.1 Å². The molecule has 0 fully saturated rings. The number of aromatic nitrogens is 6. The highest BCUT2D eigenvalue weighted by Gasteiger charge is 2.18. The number of hydrogen-bond donors (Lipinski definition) is 0. The molecule has 7 nitrogen and oxygen atoms in total. The first-order valence-corrected chi connectivity index (χ1v) is 14.8. The van der Waals surface area contributed by atoms with Crippen molar-refractivity contribution in [1.82, 2.24) is 30.0 Å². The molecule has 0 radical (unpaired) electrons. The molecule has 0 amide bonds. The van der Waals surface area contributed by atoms with Gasteiger partial charge >= 0.3 is 0 Å². The Morgan fingerprint density at radius 1 is 0.378 bits per heavy atom. The summed E-state index contributed by atoms with van der Waals surface area (Å²) < 4.78 is 0. The van der Waals surface area contributed by atoms with Crippen LogP contribution in [0.1, 0.15) is 0 Å². The lowest BCUT2D eigenvalue weighted by Crippen LogP contribution is -2.11. The molecule has 0 atom stereocenters. The lowest BCUT2D eigenvalue weighted by molar-refractivity contribution is 0.765. The first kappa shape index (κ1) is 25.2. The molecule has 9 rings (SSSR count). The summed E-state index contributed by atoms with van der Waals surface area (Å²) in [6, 6.07) is 52.1. The Hall–Kier alpha value is -6.34. The van der Waals surface area contributed by atoms with E-state index in [0.29, 0.717) is 0 Å². The van der Waals surface area contributed by atoms with Crippen LogP contribution in [-0.2, 0) is 0 Å². The van der Waals surface area contributed by atoms with Crippen LogP contribution in [-0.4, -0.2) is 30.0 Å². The molecule has 0 spiro atoms. The zero-order valence-electron chi connectivity index (χ0n) is 24.1. The van der Waals surface area contributed by atoms with Crippen LogP contribution >= 0.6 is 0 Å². The minimum atomic E-state index is 0.866. The van der Waals surface area contributed by atoms with Gasteiger partial charge < -0.3 is 4.90 Å². The van der Waals surface area contributed by atoms with E-state index in [1.165, 1.54) is 21.5 Å². The first-order valence-electron chi connectivity index (χ1n) is 14.8. The van der Waals surface area contributed by atoms with E-state index in [0.717, 1.165) is 50.5 Å². The number of benzene rings is 7. The van der Waals surface area contributed by atoms with E-state index in [9.17, 15) is 0 Å². The van der Waals surface area contributed by atoms with E-state index in [4.69, 9.17) is 0 Å². The van der Waals surface area contributed by atoms with Gasteiger partial charge in [-0.15, -0.1) is 20.4 Å². The number of anilines is 3. The van der Waals surface area contributed by atoms with Crippen molar-refractivity contribution in [2.75, 3.05) is 4.90 Å². The summed E-state index contributed by atoms with van der Waals surface area (Å²) in [4.78, 5) is 5.70. The number of fused-ring (bicyclic) bond motifs is 5. The van der Waals surface area contributed by atoms with Crippen LogP contribution in [0.2, 0.25) is 0 Å². The fourth-order valence-electron chi connectivity index (χ4n) is 6.07. The molecule has 45 heavy (non-hydrogen) atoms. The third-order valence-electron chi connectivity index (χ3n) is 8.24. The Morgan fingerprint density at radius 2 is 0.778 bits per heavy atom. The second kappa shape index (κ2) is 10.1. The number of rotatable bonds is 5. The van der Waals surface area contributed by atoms with E-state index < -0.39 is 0 Å². The Morgan fingerprint density at radius 3 is 1.27 bits per heavy atom. The van der Waals surface area contributed by atoms with Crippen LogP contribution < -0.4 is 4.90 Å². The zero-order valence-corrected chi connectivity index (χ0v) is 24.1. The van der Waals surface area contributed by atoms with Crippen LogP contribution in [0, 0.1) is 0 Å². The number of nitrogens with zero attached hydrogens (tertiary/aromatic N) is 7. The highest BCUT2D eigenvalue weighted by atomic mass is 15.5. The summed E-state index contributed by atoms with van der Waals surface area (Å²) in [5.41, 5.74) is 8.39. The summed E-state index contributed by atoms with van der Waals surface area (Å²) in [6.45, 7) is 0. The Labute approximate surface area is 258 Å². The SMILES string of the molecule is c1ccc2c(c1)cc(N(c1ccc(-n3nc4ccccc4n3)cc1)c1ccc(-n3nc4ccccc4n3)cc1)c1ccccc12. The van der Waals surface area contributed by atoms with Gasteiger partial charge in [0.1, 0.15) is 22.1 Å². The van der Waals surface area contributed by atoms with Gasteiger partial charge in [0.2, 0.25) is 0 Å². The Bertz CT molecular complexity index is 2310. The molecule has 0 aliphatic rings. The Balaban J connectivity index is 1.20. The summed E-state index contributed by atoms with van der Waals surface area (Å²) in [7, 11) is 0. The molecule has 0 N–H and O–H groups in total. The molecule has 0 unspecified atom stereocenters. The zero-order chi connectivity index (χ0) is 29.7. The van der Waals surface area contributed by atoms with Gasteiger partial charge in [0.15, 0.2) is 0 Å². The maximum absolute atomic E-state index is 4.68. The molecule has 7 heteroatoms. The topological polar surface area (TPSA) is 64.7 Å². The molecule has 0 bridgehead atoms. The average Bonchev–Trinajstić information content (AvgIpc) is 3.74. The maximum atomic E-state index is 4.68. The summed E-state index contributed by atoms with van der Waals surface area (Å²) >= 11 is 0. The fourth-order valence-corrected chi connectivity index (χ4v) is 6.07. The van der Waals surface area contributed by atoms with Crippen molar-refractivity contribution in [3.05, 3.63) is 152 Å². The van der Waals surface area contributed by atoms with Gasteiger partial charge in [-0.2, -0.15) is 9.59 Å². The molecular weight excluding hydrogens is 554 g/mol. The van der Waals surface area contributed by atoms with Crippen molar-refractivity contribution < 1.29 is 0 Å². The van der Waals surface area contributed by atoms with Gasteiger partial charge in [0, 0.05) is 16.8 Å². The quantitative estimate of drug-likeness (QED) is 0.191. The van der Waals surface area contributed by atoms with Gasteiger partial charge in [-0.3, -0.25) is 0 Å². The Kier molecular flexibility index (Phi) is 5.67. The fraction of sp³-hybridized carbons (Fsp3) is 0. The number of hydrogen-bond acceptors (Lipinski definition) is 5. The molecule has 0 saturated heterocycles. The largest absolute Gasteiger partial charge is 0.310 e. The van der Waals surface area contributed by atoms with Crippen molar-refractivity contribution in [1.29, 1.82) is 0 Å². The van der Waals surface area contributed by atoms with Crippen molar-refractivity contribution in [2.45, 2.75) is 0 Å². The summed E-state index contributed by atoms with van der Waals surface area (Å²) in [6.07, 6.45) is 0. The molecule has 0 saturated carbocycles. The van der Waals surface area contributed by atoms with Crippen LogP contribution in [0.4, 0.5) is 17.1 Å². The maximum Gasteiger partial charge on any atom is 0.113 e. The van der Waals surface area contributed by atoms with Crippen LogP contribution in [0.5, 0.6) is 0 Å². The molecule has 0 aliphatic heterocycles. The standard InChI is InChI=1S/C38H25N7/c1-2-10-31-26(9-1)25-38(33-12-4-3-11-32(31)33)43(27-17-21-29(22-18-27)44-39-34-13-5-6-14-35(34)40-44)28-19-23-30(24-20-28)45-41-36-15-7-8-16-37(36)42-45/h1-25H. The summed E-state index contributed by atoms with van der Waals surface area (Å²) in [5.74, 6) is 0. The molecule has 2 heterocycles. The second-order valence-corrected chi connectivity index (χ2v) is 11.0. The van der Waals surface area contributed by atoms with Crippen LogP contribution in [0.25, 0.3) is 55.0 Å². The molecule has 9 aromatic rings. The predicted molar refractivity (Wildman–Crippen MR) is 181 cm³/mol.